The molecule has 2 fully saturated rings. The van der Waals surface area contributed by atoms with Crippen LogP contribution in [0.4, 0.5) is 35.2 Å². The summed E-state index contributed by atoms with van der Waals surface area (Å²) in [7, 11) is 5.39. The topological polar surface area (TPSA) is 143 Å². The normalized spacial score (nSPS) is 19.6. The number of rotatable bonds is 8. The number of anilines is 6. The molecule has 0 spiro atoms. The van der Waals surface area contributed by atoms with Crippen LogP contribution in [0, 0.1) is 0 Å². The highest BCUT2D eigenvalue weighted by atomic mass is 32.2. The van der Waals surface area contributed by atoms with Gasteiger partial charge in [-0.25, -0.2) is 0 Å². The van der Waals surface area contributed by atoms with Gasteiger partial charge in [0.1, 0.15) is 23.3 Å². The average molecular weight is 491 g/mol. The summed E-state index contributed by atoms with van der Waals surface area (Å²) in [5, 5.41) is 6.00. The number of nitrogen functional groups attached to an aromatic ring is 2. The lowest BCUT2D eigenvalue weighted by molar-refractivity contribution is 0.180. The van der Waals surface area contributed by atoms with E-state index >= 15 is 0 Å². The van der Waals surface area contributed by atoms with Crippen LogP contribution in [0.5, 0.6) is 0 Å². The van der Waals surface area contributed by atoms with E-state index in [9.17, 15) is 0 Å². The molecule has 11 nitrogen and oxygen atoms in total. The number of hydrogen-bond donors (Lipinski definition) is 4. The molecule has 2 aliphatic rings. The molecule has 0 bridgehead atoms. The molecule has 2 aromatic rings. The molecule has 0 amide bonds. The van der Waals surface area contributed by atoms with Crippen molar-refractivity contribution in [2.45, 2.75) is 37.8 Å². The predicted molar refractivity (Wildman–Crippen MR) is 143 cm³/mol. The van der Waals surface area contributed by atoms with Gasteiger partial charge in [-0.3, -0.25) is 0 Å². The molecule has 0 aromatic carbocycles. The second kappa shape index (κ2) is 12.7. The first-order chi connectivity index (χ1) is 16.5. The van der Waals surface area contributed by atoms with E-state index in [1.54, 1.807) is 7.11 Å². The van der Waals surface area contributed by atoms with Crippen LogP contribution in [-0.2, 0) is 4.74 Å². The molecule has 2 aromatic heterocycles. The number of hydrogen-bond acceptors (Lipinski definition) is 12. The van der Waals surface area contributed by atoms with Gasteiger partial charge >= 0.3 is 0 Å². The van der Waals surface area contributed by atoms with Crippen molar-refractivity contribution in [2.24, 2.45) is 0 Å². The van der Waals surface area contributed by atoms with Crippen molar-refractivity contribution >= 4 is 46.9 Å². The molecule has 2 aliphatic heterocycles. The van der Waals surface area contributed by atoms with Gasteiger partial charge in [-0.05, 0) is 31.9 Å². The first-order valence-electron chi connectivity index (χ1n) is 11.6. The van der Waals surface area contributed by atoms with E-state index in [4.69, 9.17) is 16.2 Å². The van der Waals surface area contributed by atoms with Crippen LogP contribution in [0.25, 0.3) is 0 Å². The van der Waals surface area contributed by atoms with Crippen LogP contribution in [0.15, 0.2) is 12.1 Å². The van der Waals surface area contributed by atoms with Crippen molar-refractivity contribution in [3.05, 3.63) is 12.1 Å². The van der Waals surface area contributed by atoms with Crippen molar-refractivity contribution in [3.63, 3.8) is 0 Å². The number of aromatic nitrogens is 4. The molecule has 34 heavy (non-hydrogen) atoms. The van der Waals surface area contributed by atoms with E-state index < -0.39 is 0 Å². The zero-order valence-corrected chi connectivity index (χ0v) is 21.4. The Labute approximate surface area is 206 Å². The van der Waals surface area contributed by atoms with Crippen molar-refractivity contribution in [2.75, 3.05) is 84.8 Å². The smallest absolute Gasteiger partial charge is 0.223 e. The zero-order chi connectivity index (χ0) is 24.5. The summed E-state index contributed by atoms with van der Waals surface area (Å²) >= 11 is 1.88. The summed E-state index contributed by atoms with van der Waals surface area (Å²) in [4.78, 5) is 21.4. The molecule has 0 aliphatic carbocycles. The number of nitrogens with one attached hydrogen (secondary N) is 2. The van der Waals surface area contributed by atoms with Gasteiger partial charge in [-0.15, -0.1) is 0 Å². The minimum absolute atomic E-state index is 0.301. The highest BCUT2D eigenvalue weighted by Gasteiger charge is 2.27. The van der Waals surface area contributed by atoms with Crippen LogP contribution in [0.1, 0.15) is 25.7 Å². The Bertz CT molecular complexity index is 844. The van der Waals surface area contributed by atoms with Crippen LogP contribution in [-0.4, -0.2) is 84.9 Å². The van der Waals surface area contributed by atoms with E-state index in [1.165, 1.54) is 12.8 Å². The maximum Gasteiger partial charge on any atom is 0.223 e. The Morgan fingerprint density at radius 1 is 0.912 bits per heavy atom. The molecule has 12 heteroatoms. The Kier molecular flexibility index (Phi) is 9.63. The SMILES string of the molecule is CNc1cc(N2CCCC2CSC)nc(N)n1.CNc1cc(N2CCC[C@@H]2COC)nc(N)n1. The lowest BCUT2D eigenvalue weighted by Gasteiger charge is -2.25. The molecule has 1 unspecified atom stereocenters. The quantitative estimate of drug-likeness (QED) is 0.430. The Hall–Kier alpha value is -2.73. The van der Waals surface area contributed by atoms with E-state index in [0.29, 0.717) is 24.0 Å². The van der Waals surface area contributed by atoms with Gasteiger partial charge in [0.2, 0.25) is 11.9 Å². The molecule has 188 valence electrons. The van der Waals surface area contributed by atoms with Crippen LogP contribution in [0.2, 0.25) is 0 Å². The summed E-state index contributed by atoms with van der Waals surface area (Å²) in [6.45, 7) is 2.78. The van der Waals surface area contributed by atoms with Gasteiger partial charge in [0.25, 0.3) is 0 Å². The van der Waals surface area contributed by atoms with Crippen molar-refractivity contribution < 1.29 is 4.74 Å². The predicted octanol–water partition coefficient (Wildman–Crippen LogP) is 2.15. The Morgan fingerprint density at radius 2 is 1.41 bits per heavy atom. The summed E-state index contributed by atoms with van der Waals surface area (Å²) in [5.74, 6) is 5.12. The molecular formula is C22H38N10OS. The van der Waals surface area contributed by atoms with Crippen molar-refractivity contribution in [1.29, 1.82) is 0 Å². The zero-order valence-electron chi connectivity index (χ0n) is 20.6. The van der Waals surface area contributed by atoms with Crippen molar-refractivity contribution in [3.8, 4) is 0 Å². The summed E-state index contributed by atoms with van der Waals surface area (Å²) in [5.41, 5.74) is 11.4. The van der Waals surface area contributed by atoms with Gasteiger partial charge in [-0.1, -0.05) is 0 Å². The standard InChI is InChI=1S/C11H19N5O.C11H19N5S/c2*1-13-9-6-10(15-11(12)14-9)16-5-3-4-8(16)7-17-2/h2*6,8H,3-5,7H2,1-2H3,(H3,12,13,14,15)/t8-;/m1./s1. The third-order valence-corrected chi connectivity index (χ3v) is 6.75. The fourth-order valence-electron chi connectivity index (χ4n) is 4.46. The first kappa shape index (κ1) is 25.9. The van der Waals surface area contributed by atoms with Gasteiger partial charge < -0.3 is 36.6 Å². The molecule has 4 rings (SSSR count). The van der Waals surface area contributed by atoms with Crippen molar-refractivity contribution in [1.82, 2.24) is 19.9 Å². The highest BCUT2D eigenvalue weighted by Crippen LogP contribution is 2.28. The van der Waals surface area contributed by atoms with Crippen LogP contribution < -0.4 is 31.9 Å². The van der Waals surface area contributed by atoms with E-state index in [1.807, 2.05) is 38.0 Å². The maximum atomic E-state index is 5.73. The fourth-order valence-corrected chi connectivity index (χ4v) is 5.19. The van der Waals surface area contributed by atoms with Gasteiger partial charge in [0.15, 0.2) is 0 Å². The van der Waals surface area contributed by atoms with Crippen LogP contribution in [0.3, 0.4) is 0 Å². The summed E-state index contributed by atoms with van der Waals surface area (Å²) in [6.07, 6.45) is 6.90. The second-order valence-corrected chi connectivity index (χ2v) is 9.24. The Morgan fingerprint density at radius 3 is 1.88 bits per heavy atom. The highest BCUT2D eigenvalue weighted by molar-refractivity contribution is 7.98. The minimum Gasteiger partial charge on any atom is -0.383 e. The summed E-state index contributed by atoms with van der Waals surface area (Å²) in [6, 6.07) is 4.85. The largest absolute Gasteiger partial charge is 0.383 e. The van der Waals surface area contributed by atoms with Gasteiger partial charge in [0.05, 0.1) is 12.6 Å². The maximum absolute atomic E-state index is 5.73. The molecular weight excluding hydrogens is 452 g/mol. The lowest BCUT2D eigenvalue weighted by atomic mass is 10.2. The number of thioether (sulfide) groups is 1. The minimum atomic E-state index is 0.301. The third kappa shape index (κ3) is 6.66. The number of nitrogens with two attached hydrogens (primary N) is 2. The monoisotopic (exact) mass is 490 g/mol. The molecule has 0 radical (unpaired) electrons. The molecule has 4 heterocycles. The van der Waals surface area contributed by atoms with E-state index in [-0.39, 0.29) is 0 Å². The Balaban J connectivity index is 0.000000191. The lowest BCUT2D eigenvalue weighted by Crippen LogP contribution is -2.33. The number of methoxy groups -OCH3 is 1. The first-order valence-corrected chi connectivity index (χ1v) is 13.0. The van der Waals surface area contributed by atoms with E-state index in [0.717, 1.165) is 61.6 Å². The summed E-state index contributed by atoms with van der Waals surface area (Å²) < 4.78 is 5.23. The van der Waals surface area contributed by atoms with Gasteiger partial charge in [0, 0.05) is 58.2 Å². The molecule has 2 saturated heterocycles. The third-order valence-electron chi connectivity index (χ3n) is 6.03. The average Bonchev–Trinajstić information content (AvgIpc) is 3.49. The second-order valence-electron chi connectivity index (χ2n) is 8.33. The number of nitrogens with zero attached hydrogens (tertiary/aromatic N) is 6. The molecule has 0 saturated carbocycles. The fraction of sp³-hybridized carbons (Fsp3) is 0.636. The van der Waals surface area contributed by atoms with Gasteiger partial charge in [-0.2, -0.15) is 31.7 Å². The molecule has 2 atom stereocenters. The molecule has 6 N–H and O–H groups in total. The van der Waals surface area contributed by atoms with E-state index in [2.05, 4.69) is 46.6 Å². The number of ether oxygens (including phenoxy) is 1. The van der Waals surface area contributed by atoms with Crippen LogP contribution >= 0.6 is 11.8 Å².